The van der Waals surface area contributed by atoms with Crippen molar-refractivity contribution >= 4 is 0 Å². The number of fused-ring (bicyclic) bond motifs is 1. The third-order valence-corrected chi connectivity index (χ3v) is 5.25. The van der Waals surface area contributed by atoms with Crippen LogP contribution in [0.25, 0.3) is 0 Å². The Hall–Kier alpha value is -0.820. The predicted molar refractivity (Wildman–Crippen MR) is 78.6 cm³/mol. The first-order valence-corrected chi connectivity index (χ1v) is 8.04. The molecular formula is C15H24O10. The van der Waals surface area contributed by atoms with Crippen LogP contribution in [0, 0.1) is 5.92 Å². The van der Waals surface area contributed by atoms with Crippen molar-refractivity contribution in [2.45, 2.75) is 67.6 Å². The Morgan fingerprint density at radius 1 is 1.08 bits per heavy atom. The SMILES string of the molecule is C[C@]1(O)C[C@@H](O)[C@]2(O)C=CO[C@@H](O[C@H]3O[C@@H](CO)[C@H](O)[C@@H](O)[C@@H]3O)[C@@H]21. The van der Waals surface area contributed by atoms with Crippen molar-refractivity contribution in [1.29, 1.82) is 0 Å². The molecule has 10 heteroatoms. The lowest BCUT2D eigenvalue weighted by Gasteiger charge is -2.45. The van der Waals surface area contributed by atoms with E-state index in [1.54, 1.807) is 0 Å². The Labute approximate surface area is 143 Å². The van der Waals surface area contributed by atoms with Crippen molar-refractivity contribution in [2.24, 2.45) is 5.92 Å². The molecule has 1 aliphatic carbocycles. The minimum Gasteiger partial charge on any atom is -0.472 e. The number of aliphatic hydroxyl groups is 7. The van der Waals surface area contributed by atoms with E-state index in [2.05, 4.69) is 0 Å². The quantitative estimate of drug-likeness (QED) is 0.267. The number of rotatable bonds is 3. The molecular weight excluding hydrogens is 340 g/mol. The molecule has 0 amide bonds. The Morgan fingerprint density at radius 2 is 1.76 bits per heavy atom. The van der Waals surface area contributed by atoms with Crippen LogP contribution < -0.4 is 0 Å². The van der Waals surface area contributed by atoms with Crippen LogP contribution in [0.2, 0.25) is 0 Å². The highest BCUT2D eigenvalue weighted by Gasteiger charge is 2.64. The highest BCUT2D eigenvalue weighted by atomic mass is 16.8. The fourth-order valence-electron chi connectivity index (χ4n) is 3.84. The van der Waals surface area contributed by atoms with Crippen molar-refractivity contribution in [2.75, 3.05) is 6.61 Å². The van der Waals surface area contributed by atoms with E-state index in [4.69, 9.17) is 14.2 Å². The van der Waals surface area contributed by atoms with Crippen molar-refractivity contribution in [3.63, 3.8) is 0 Å². The van der Waals surface area contributed by atoms with Gasteiger partial charge in [0.2, 0.25) is 6.29 Å². The molecule has 0 aromatic carbocycles. The Bertz CT molecular complexity index is 522. The molecule has 10 nitrogen and oxygen atoms in total. The van der Waals surface area contributed by atoms with E-state index in [0.717, 1.165) is 6.26 Å². The van der Waals surface area contributed by atoms with Crippen molar-refractivity contribution in [3.05, 3.63) is 12.3 Å². The first kappa shape index (κ1) is 19.0. The van der Waals surface area contributed by atoms with Gasteiger partial charge in [-0.05, 0) is 13.0 Å². The summed E-state index contributed by atoms with van der Waals surface area (Å²) in [5.74, 6) is -1.10. The van der Waals surface area contributed by atoms with Crippen LogP contribution in [0.3, 0.4) is 0 Å². The predicted octanol–water partition coefficient (Wildman–Crippen LogP) is -3.46. The van der Waals surface area contributed by atoms with Crippen LogP contribution in [0.1, 0.15) is 13.3 Å². The molecule has 0 radical (unpaired) electrons. The van der Waals surface area contributed by atoms with Gasteiger partial charge in [-0.15, -0.1) is 0 Å². The van der Waals surface area contributed by atoms with Gasteiger partial charge in [0, 0.05) is 6.42 Å². The molecule has 2 aliphatic heterocycles. The maximum absolute atomic E-state index is 10.7. The van der Waals surface area contributed by atoms with Gasteiger partial charge in [0.25, 0.3) is 0 Å². The molecule has 144 valence electrons. The summed E-state index contributed by atoms with van der Waals surface area (Å²) in [4.78, 5) is 0. The second kappa shape index (κ2) is 6.41. The van der Waals surface area contributed by atoms with Crippen molar-refractivity contribution in [3.8, 4) is 0 Å². The van der Waals surface area contributed by atoms with Gasteiger partial charge in [-0.2, -0.15) is 0 Å². The van der Waals surface area contributed by atoms with Gasteiger partial charge >= 0.3 is 0 Å². The third kappa shape index (κ3) is 2.97. The minimum absolute atomic E-state index is 0.129. The molecule has 0 spiro atoms. The second-order valence-corrected chi connectivity index (χ2v) is 7.08. The molecule has 2 fully saturated rings. The molecule has 0 aromatic rings. The highest BCUT2D eigenvalue weighted by Crippen LogP contribution is 2.49. The van der Waals surface area contributed by atoms with Crippen LogP contribution in [0.4, 0.5) is 0 Å². The first-order valence-electron chi connectivity index (χ1n) is 8.04. The van der Waals surface area contributed by atoms with Gasteiger partial charge in [0.1, 0.15) is 30.0 Å². The van der Waals surface area contributed by atoms with Gasteiger partial charge in [-0.1, -0.05) is 0 Å². The van der Waals surface area contributed by atoms with E-state index in [-0.39, 0.29) is 6.42 Å². The van der Waals surface area contributed by atoms with Crippen LogP contribution >= 0.6 is 0 Å². The van der Waals surface area contributed by atoms with Crippen molar-refractivity contribution in [1.82, 2.24) is 0 Å². The number of ether oxygens (including phenoxy) is 3. The summed E-state index contributed by atoms with van der Waals surface area (Å²) in [7, 11) is 0. The maximum Gasteiger partial charge on any atom is 0.210 e. The summed E-state index contributed by atoms with van der Waals surface area (Å²) >= 11 is 0. The Balaban J connectivity index is 1.81. The monoisotopic (exact) mass is 364 g/mol. The van der Waals surface area contributed by atoms with Gasteiger partial charge < -0.3 is 50.0 Å². The largest absolute Gasteiger partial charge is 0.472 e. The zero-order valence-electron chi connectivity index (χ0n) is 13.5. The van der Waals surface area contributed by atoms with E-state index in [0.29, 0.717) is 0 Å². The lowest BCUT2D eigenvalue weighted by atomic mass is 9.81. The molecule has 3 rings (SSSR count). The van der Waals surface area contributed by atoms with Crippen LogP contribution in [0.5, 0.6) is 0 Å². The number of aliphatic hydroxyl groups excluding tert-OH is 5. The van der Waals surface area contributed by atoms with E-state index >= 15 is 0 Å². The summed E-state index contributed by atoms with van der Waals surface area (Å²) in [5.41, 5.74) is -3.35. The number of hydrogen-bond acceptors (Lipinski definition) is 10. The summed E-state index contributed by atoms with van der Waals surface area (Å²) in [5, 5.41) is 70.2. The molecule has 0 unspecified atom stereocenters. The molecule has 10 atom stereocenters. The standard InChI is InChI=1S/C15H24O10/c1-14(21)4-7(17)15(22)2-3-23-13(11(14)15)25-12-10(20)9(19)8(18)6(5-16)24-12/h2-3,6-13,16-22H,4-5H2,1H3/t6-,7+,8-,9+,10-,11+,12+,13-,14-,15+/m0/s1. The third-order valence-electron chi connectivity index (χ3n) is 5.25. The lowest BCUT2D eigenvalue weighted by Crippen LogP contribution is -2.61. The van der Waals surface area contributed by atoms with Gasteiger partial charge in [-0.3, -0.25) is 0 Å². The number of hydrogen-bond donors (Lipinski definition) is 7. The molecule has 1 saturated carbocycles. The first-order chi connectivity index (χ1) is 11.6. The second-order valence-electron chi connectivity index (χ2n) is 7.08. The van der Waals surface area contributed by atoms with Gasteiger partial charge in [-0.25, -0.2) is 0 Å². The van der Waals surface area contributed by atoms with Gasteiger partial charge in [0.15, 0.2) is 6.29 Å². The molecule has 1 saturated heterocycles. The van der Waals surface area contributed by atoms with E-state index < -0.39 is 66.8 Å². The summed E-state index contributed by atoms with van der Waals surface area (Å²) in [6, 6.07) is 0. The molecule has 3 aliphatic rings. The lowest BCUT2D eigenvalue weighted by molar-refractivity contribution is -0.351. The zero-order valence-corrected chi connectivity index (χ0v) is 13.5. The average Bonchev–Trinajstić information content (AvgIpc) is 2.73. The molecule has 0 aromatic heterocycles. The average molecular weight is 364 g/mol. The van der Waals surface area contributed by atoms with Crippen molar-refractivity contribution < 1.29 is 50.0 Å². The molecule has 7 N–H and O–H groups in total. The highest BCUT2D eigenvalue weighted by molar-refractivity contribution is 5.21. The topological polar surface area (TPSA) is 169 Å². The van der Waals surface area contributed by atoms with E-state index in [9.17, 15) is 35.7 Å². The fraction of sp³-hybridized carbons (Fsp3) is 0.867. The van der Waals surface area contributed by atoms with Gasteiger partial charge in [0.05, 0.1) is 30.5 Å². The van der Waals surface area contributed by atoms with Crippen LogP contribution in [0.15, 0.2) is 12.3 Å². The summed E-state index contributed by atoms with van der Waals surface area (Å²) in [6.07, 6.45) is -7.87. The minimum atomic E-state index is -1.81. The molecule has 0 bridgehead atoms. The Kier molecular flexibility index (Phi) is 4.86. The molecule has 25 heavy (non-hydrogen) atoms. The summed E-state index contributed by atoms with van der Waals surface area (Å²) < 4.78 is 16.0. The zero-order chi connectivity index (χ0) is 18.6. The van der Waals surface area contributed by atoms with E-state index in [1.807, 2.05) is 0 Å². The summed E-state index contributed by atoms with van der Waals surface area (Å²) in [6.45, 7) is 0.783. The maximum atomic E-state index is 10.7. The van der Waals surface area contributed by atoms with Crippen LogP contribution in [-0.4, -0.2) is 96.7 Å². The molecule has 2 heterocycles. The normalized spacial score (nSPS) is 55.7. The smallest absolute Gasteiger partial charge is 0.210 e. The van der Waals surface area contributed by atoms with E-state index in [1.165, 1.54) is 13.0 Å². The fourth-order valence-corrected chi connectivity index (χ4v) is 3.84. The Morgan fingerprint density at radius 3 is 2.40 bits per heavy atom. The van der Waals surface area contributed by atoms with Crippen LogP contribution in [-0.2, 0) is 14.2 Å².